The molecule has 1 N–H and O–H groups in total. The third kappa shape index (κ3) is 3.77. The van der Waals surface area contributed by atoms with Gasteiger partial charge < -0.3 is 5.32 Å². The van der Waals surface area contributed by atoms with Crippen LogP contribution >= 0.6 is 0 Å². The zero-order chi connectivity index (χ0) is 16.1. The average Bonchev–Trinajstić information content (AvgIpc) is 2.61. The van der Waals surface area contributed by atoms with Crippen molar-refractivity contribution in [3.05, 3.63) is 84.2 Å². The summed E-state index contributed by atoms with van der Waals surface area (Å²) in [7, 11) is 0. The van der Waals surface area contributed by atoms with Crippen LogP contribution in [0.2, 0.25) is 0 Å². The number of nitrogens with one attached hydrogen (secondary N) is 1. The molecule has 0 aliphatic heterocycles. The van der Waals surface area contributed by atoms with Gasteiger partial charge in [0, 0.05) is 36.9 Å². The van der Waals surface area contributed by atoms with E-state index >= 15 is 0 Å². The van der Waals surface area contributed by atoms with Crippen molar-refractivity contribution >= 4 is 5.91 Å². The lowest BCUT2D eigenvalue weighted by Gasteiger charge is -2.07. The van der Waals surface area contributed by atoms with Gasteiger partial charge in [0.25, 0.3) is 5.91 Å². The molecule has 0 aliphatic rings. The molecule has 0 aliphatic carbocycles. The van der Waals surface area contributed by atoms with Crippen LogP contribution in [0.4, 0.5) is 4.39 Å². The quantitative estimate of drug-likeness (QED) is 0.805. The van der Waals surface area contributed by atoms with Crippen LogP contribution in [-0.2, 0) is 6.54 Å². The monoisotopic (exact) mass is 307 g/mol. The summed E-state index contributed by atoms with van der Waals surface area (Å²) in [6.45, 7) is 0.419. The van der Waals surface area contributed by atoms with E-state index in [0.29, 0.717) is 12.1 Å². The lowest BCUT2D eigenvalue weighted by Crippen LogP contribution is -2.22. The number of hydrogen-bond donors (Lipinski definition) is 1. The summed E-state index contributed by atoms with van der Waals surface area (Å²) in [5, 5.41) is 2.84. The van der Waals surface area contributed by atoms with Gasteiger partial charge in [0.2, 0.25) is 0 Å². The van der Waals surface area contributed by atoms with Gasteiger partial charge in [-0.2, -0.15) is 0 Å². The van der Waals surface area contributed by atoms with Gasteiger partial charge in [-0.3, -0.25) is 14.8 Å². The Bertz CT molecular complexity index is 804. The molecule has 114 valence electrons. The van der Waals surface area contributed by atoms with Crippen molar-refractivity contribution in [2.45, 2.75) is 6.54 Å². The lowest BCUT2D eigenvalue weighted by molar-refractivity contribution is 0.0950. The van der Waals surface area contributed by atoms with Gasteiger partial charge in [0.15, 0.2) is 0 Å². The summed E-state index contributed by atoms with van der Waals surface area (Å²) < 4.78 is 13.0. The Morgan fingerprint density at radius 1 is 0.957 bits per heavy atom. The Labute approximate surface area is 133 Å². The number of hydrogen-bond acceptors (Lipinski definition) is 3. The third-order valence-electron chi connectivity index (χ3n) is 3.38. The molecule has 2 heterocycles. The van der Waals surface area contributed by atoms with E-state index < -0.39 is 0 Å². The summed E-state index contributed by atoms with van der Waals surface area (Å²) >= 11 is 0. The van der Waals surface area contributed by atoms with Crippen LogP contribution in [0.15, 0.2) is 67.3 Å². The molecule has 0 fully saturated rings. The Balaban J connectivity index is 1.74. The molecule has 0 saturated heterocycles. The molecule has 3 aromatic rings. The van der Waals surface area contributed by atoms with Crippen molar-refractivity contribution in [3.8, 4) is 11.1 Å². The van der Waals surface area contributed by atoms with E-state index in [1.165, 1.54) is 18.3 Å². The van der Waals surface area contributed by atoms with Crippen molar-refractivity contribution < 1.29 is 9.18 Å². The van der Waals surface area contributed by atoms with Crippen molar-refractivity contribution in [3.63, 3.8) is 0 Å². The van der Waals surface area contributed by atoms with Gasteiger partial charge >= 0.3 is 0 Å². The average molecular weight is 307 g/mol. The molecule has 23 heavy (non-hydrogen) atoms. The van der Waals surface area contributed by atoms with E-state index in [-0.39, 0.29) is 11.7 Å². The second kappa shape index (κ2) is 6.79. The first-order chi connectivity index (χ1) is 11.2. The molecular weight excluding hydrogens is 293 g/mol. The fourth-order valence-corrected chi connectivity index (χ4v) is 2.15. The Morgan fingerprint density at radius 3 is 2.43 bits per heavy atom. The second-order valence-corrected chi connectivity index (χ2v) is 5.01. The number of amides is 1. The summed E-state index contributed by atoms with van der Waals surface area (Å²) in [4.78, 5) is 20.3. The minimum absolute atomic E-state index is 0.210. The van der Waals surface area contributed by atoms with Crippen LogP contribution in [-0.4, -0.2) is 15.9 Å². The van der Waals surface area contributed by atoms with Gasteiger partial charge in [0.1, 0.15) is 5.82 Å². The molecule has 1 amide bonds. The molecular formula is C18H14FN3O. The van der Waals surface area contributed by atoms with Crippen molar-refractivity contribution in [2.24, 2.45) is 0 Å². The molecule has 4 nitrogen and oxygen atoms in total. The maximum atomic E-state index is 13.0. The van der Waals surface area contributed by atoms with Crippen LogP contribution in [0.1, 0.15) is 15.9 Å². The molecule has 0 bridgehead atoms. The summed E-state index contributed by atoms with van der Waals surface area (Å²) in [5.41, 5.74) is 3.00. The predicted octanol–water partition coefficient (Wildman–Crippen LogP) is 3.21. The maximum Gasteiger partial charge on any atom is 0.253 e. The number of pyridine rings is 2. The van der Waals surface area contributed by atoms with Crippen LogP contribution in [0.5, 0.6) is 0 Å². The topological polar surface area (TPSA) is 54.9 Å². The molecule has 0 saturated carbocycles. The number of rotatable bonds is 4. The third-order valence-corrected chi connectivity index (χ3v) is 3.38. The first-order valence-corrected chi connectivity index (χ1v) is 7.10. The highest BCUT2D eigenvalue weighted by molar-refractivity contribution is 5.95. The first-order valence-electron chi connectivity index (χ1n) is 7.10. The van der Waals surface area contributed by atoms with E-state index in [1.807, 2.05) is 12.1 Å². The number of benzene rings is 1. The van der Waals surface area contributed by atoms with Crippen LogP contribution in [0.25, 0.3) is 11.1 Å². The van der Waals surface area contributed by atoms with Gasteiger partial charge in [-0.1, -0.05) is 12.1 Å². The summed E-state index contributed by atoms with van der Waals surface area (Å²) in [6, 6.07) is 11.5. The van der Waals surface area contributed by atoms with Gasteiger partial charge in [-0.15, -0.1) is 0 Å². The van der Waals surface area contributed by atoms with Gasteiger partial charge in [0.05, 0.1) is 5.56 Å². The largest absolute Gasteiger partial charge is 0.348 e. The fourth-order valence-electron chi connectivity index (χ4n) is 2.15. The molecule has 3 rings (SSSR count). The number of aromatic nitrogens is 2. The van der Waals surface area contributed by atoms with Crippen LogP contribution < -0.4 is 5.32 Å². The minimum Gasteiger partial charge on any atom is -0.348 e. The molecule has 2 aromatic heterocycles. The first kappa shape index (κ1) is 14.8. The smallest absolute Gasteiger partial charge is 0.253 e. The Hall–Kier alpha value is -3.08. The highest BCUT2D eigenvalue weighted by Crippen LogP contribution is 2.19. The van der Waals surface area contributed by atoms with E-state index in [1.54, 1.807) is 36.8 Å². The second-order valence-electron chi connectivity index (χ2n) is 5.01. The summed E-state index contributed by atoms with van der Waals surface area (Å²) in [6.07, 6.45) is 6.51. The van der Waals surface area contributed by atoms with Crippen LogP contribution in [0.3, 0.4) is 0 Å². The number of carbonyl (C=O) groups excluding carboxylic acids is 1. The molecule has 1 aromatic carbocycles. The molecule has 0 spiro atoms. The number of carbonyl (C=O) groups is 1. The van der Waals surface area contributed by atoms with Crippen molar-refractivity contribution in [1.29, 1.82) is 0 Å². The van der Waals surface area contributed by atoms with E-state index in [9.17, 15) is 9.18 Å². The standard InChI is InChI=1S/C18H14FN3O/c19-17-3-1-14(2-4-17)15-9-16(12-21-11-15)18(23)22-10-13-5-7-20-8-6-13/h1-9,11-12H,10H2,(H,22,23). The lowest BCUT2D eigenvalue weighted by atomic mass is 10.1. The van der Waals surface area contributed by atoms with E-state index in [2.05, 4.69) is 15.3 Å². The van der Waals surface area contributed by atoms with E-state index in [0.717, 1.165) is 16.7 Å². The van der Waals surface area contributed by atoms with Crippen LogP contribution in [0, 0.1) is 5.82 Å². The Kier molecular flexibility index (Phi) is 4.38. The summed E-state index contributed by atoms with van der Waals surface area (Å²) in [5.74, 6) is -0.508. The van der Waals surface area contributed by atoms with Gasteiger partial charge in [-0.25, -0.2) is 4.39 Å². The fraction of sp³-hybridized carbons (Fsp3) is 0.0556. The number of halogens is 1. The molecule has 0 atom stereocenters. The molecule has 0 radical (unpaired) electrons. The molecule has 5 heteroatoms. The van der Waals surface area contributed by atoms with Gasteiger partial charge in [-0.05, 0) is 41.5 Å². The molecule has 0 unspecified atom stereocenters. The SMILES string of the molecule is O=C(NCc1ccncc1)c1cncc(-c2ccc(F)cc2)c1. The predicted molar refractivity (Wildman–Crippen MR) is 85.0 cm³/mol. The van der Waals surface area contributed by atoms with Crippen molar-refractivity contribution in [1.82, 2.24) is 15.3 Å². The zero-order valence-corrected chi connectivity index (χ0v) is 12.2. The highest BCUT2D eigenvalue weighted by Gasteiger charge is 2.08. The van der Waals surface area contributed by atoms with Crippen molar-refractivity contribution in [2.75, 3.05) is 0 Å². The minimum atomic E-state index is -0.298. The van der Waals surface area contributed by atoms with E-state index in [4.69, 9.17) is 0 Å². The zero-order valence-electron chi connectivity index (χ0n) is 12.2. The Morgan fingerprint density at radius 2 is 1.70 bits per heavy atom. The number of nitrogens with zero attached hydrogens (tertiary/aromatic N) is 2. The normalized spacial score (nSPS) is 10.3. The highest BCUT2D eigenvalue weighted by atomic mass is 19.1. The maximum absolute atomic E-state index is 13.0.